The maximum atomic E-state index is 12.1. The van der Waals surface area contributed by atoms with Gasteiger partial charge in [0.05, 0.1) is 5.56 Å². The van der Waals surface area contributed by atoms with Crippen LogP contribution in [0.2, 0.25) is 0 Å². The number of aromatic nitrogens is 1. The van der Waals surface area contributed by atoms with Crippen molar-refractivity contribution >= 4 is 16.7 Å². The third kappa shape index (κ3) is 2.58. The summed E-state index contributed by atoms with van der Waals surface area (Å²) in [6.45, 7) is 0. The third-order valence-corrected chi connectivity index (χ3v) is 4.00. The van der Waals surface area contributed by atoms with Gasteiger partial charge in [-0.2, -0.15) is 0 Å². The van der Waals surface area contributed by atoms with E-state index in [-0.39, 0.29) is 5.91 Å². The molecule has 0 atom stereocenters. The Hall–Kier alpha value is -2.68. The molecule has 0 saturated heterocycles. The Balaban J connectivity index is 1.69. The number of carbonyl (C=O) groups is 1. The molecule has 4 rings (SSSR count). The summed E-state index contributed by atoms with van der Waals surface area (Å²) in [4.78, 5) is 16.4. The fraction of sp³-hybridized carbons (Fsp3) is 0.158. The second-order valence-corrected chi connectivity index (χ2v) is 5.77. The first-order chi connectivity index (χ1) is 10.8. The van der Waals surface area contributed by atoms with Crippen LogP contribution in [0.3, 0.4) is 0 Å². The van der Waals surface area contributed by atoms with Gasteiger partial charge >= 0.3 is 0 Å². The molecule has 0 aliphatic heterocycles. The molecule has 22 heavy (non-hydrogen) atoms. The van der Waals surface area contributed by atoms with E-state index in [4.69, 9.17) is 0 Å². The van der Waals surface area contributed by atoms with Gasteiger partial charge in [0.15, 0.2) is 0 Å². The molecule has 1 saturated carbocycles. The summed E-state index contributed by atoms with van der Waals surface area (Å²) < 4.78 is 0. The highest BCUT2D eigenvalue weighted by atomic mass is 16.1. The largest absolute Gasteiger partial charge is 0.349 e. The van der Waals surface area contributed by atoms with Crippen molar-refractivity contribution in [2.24, 2.45) is 0 Å². The minimum atomic E-state index is -0.0300. The van der Waals surface area contributed by atoms with Crippen LogP contribution in [0.1, 0.15) is 23.2 Å². The highest BCUT2D eigenvalue weighted by Crippen LogP contribution is 2.25. The van der Waals surface area contributed by atoms with E-state index in [1.54, 1.807) is 12.4 Å². The van der Waals surface area contributed by atoms with Crippen molar-refractivity contribution < 1.29 is 4.79 Å². The third-order valence-electron chi connectivity index (χ3n) is 4.00. The summed E-state index contributed by atoms with van der Waals surface area (Å²) in [7, 11) is 0. The van der Waals surface area contributed by atoms with Gasteiger partial charge in [0.2, 0.25) is 0 Å². The molecule has 0 spiro atoms. The Bertz CT molecular complexity index is 853. The molecule has 3 nitrogen and oxygen atoms in total. The molecule has 0 radical (unpaired) electrons. The van der Waals surface area contributed by atoms with Gasteiger partial charge in [-0.15, -0.1) is 0 Å². The molecular weight excluding hydrogens is 272 g/mol. The SMILES string of the molecule is O=C(NC1CC1)c1cncc(-c2ccc3ccccc3c2)c1. The molecule has 1 amide bonds. The Morgan fingerprint density at radius 2 is 1.77 bits per heavy atom. The standard InChI is InChI=1S/C19H16N2O/c22-19(21-18-7-8-18)17-10-16(11-20-12-17)15-6-5-13-3-1-2-4-14(13)9-15/h1-6,9-12,18H,7-8H2,(H,21,22). The molecule has 0 unspecified atom stereocenters. The Morgan fingerprint density at radius 3 is 2.59 bits per heavy atom. The van der Waals surface area contributed by atoms with Crippen molar-refractivity contribution in [3.8, 4) is 11.1 Å². The number of amides is 1. The number of hydrogen-bond acceptors (Lipinski definition) is 2. The first-order valence-corrected chi connectivity index (χ1v) is 7.55. The van der Waals surface area contributed by atoms with E-state index in [0.29, 0.717) is 11.6 Å². The Kier molecular flexibility index (Phi) is 3.11. The number of fused-ring (bicyclic) bond motifs is 1. The molecule has 1 aliphatic carbocycles. The van der Waals surface area contributed by atoms with Crippen molar-refractivity contribution in [2.45, 2.75) is 18.9 Å². The minimum Gasteiger partial charge on any atom is -0.349 e. The van der Waals surface area contributed by atoms with E-state index in [9.17, 15) is 4.79 Å². The molecule has 108 valence electrons. The lowest BCUT2D eigenvalue weighted by molar-refractivity contribution is 0.0951. The van der Waals surface area contributed by atoms with E-state index in [0.717, 1.165) is 24.0 Å². The lowest BCUT2D eigenvalue weighted by Gasteiger charge is -2.07. The number of pyridine rings is 1. The van der Waals surface area contributed by atoms with Gasteiger partial charge in [-0.25, -0.2) is 0 Å². The van der Waals surface area contributed by atoms with Crippen LogP contribution in [0.5, 0.6) is 0 Å². The number of nitrogens with zero attached hydrogens (tertiary/aromatic N) is 1. The second-order valence-electron chi connectivity index (χ2n) is 5.77. The van der Waals surface area contributed by atoms with Gasteiger partial charge in [-0.3, -0.25) is 9.78 Å². The number of benzene rings is 2. The summed E-state index contributed by atoms with van der Waals surface area (Å²) in [5, 5.41) is 5.40. The zero-order valence-electron chi connectivity index (χ0n) is 12.1. The van der Waals surface area contributed by atoms with Crippen molar-refractivity contribution in [1.82, 2.24) is 10.3 Å². The number of nitrogens with one attached hydrogen (secondary N) is 1. The van der Waals surface area contributed by atoms with Crippen LogP contribution in [-0.2, 0) is 0 Å². The van der Waals surface area contributed by atoms with Crippen LogP contribution in [-0.4, -0.2) is 16.9 Å². The van der Waals surface area contributed by atoms with E-state index in [1.807, 2.05) is 18.2 Å². The van der Waals surface area contributed by atoms with Gasteiger partial charge in [0.1, 0.15) is 0 Å². The molecule has 3 aromatic rings. The molecule has 0 bridgehead atoms. The van der Waals surface area contributed by atoms with Crippen LogP contribution in [0.4, 0.5) is 0 Å². The number of rotatable bonds is 3. The highest BCUT2D eigenvalue weighted by molar-refractivity contribution is 5.96. The molecule has 1 heterocycles. The second kappa shape index (κ2) is 5.26. The summed E-state index contributed by atoms with van der Waals surface area (Å²) >= 11 is 0. The van der Waals surface area contributed by atoms with Gasteiger partial charge in [-0.05, 0) is 41.3 Å². The Labute approximate surface area is 129 Å². The van der Waals surface area contributed by atoms with E-state index >= 15 is 0 Å². The highest BCUT2D eigenvalue weighted by Gasteiger charge is 2.23. The fourth-order valence-corrected chi connectivity index (χ4v) is 2.59. The maximum absolute atomic E-state index is 12.1. The fourth-order valence-electron chi connectivity index (χ4n) is 2.59. The van der Waals surface area contributed by atoms with Crippen molar-refractivity contribution in [1.29, 1.82) is 0 Å². The van der Waals surface area contributed by atoms with Gasteiger partial charge in [0, 0.05) is 24.0 Å². The van der Waals surface area contributed by atoms with Crippen LogP contribution < -0.4 is 5.32 Å². The van der Waals surface area contributed by atoms with Gasteiger partial charge < -0.3 is 5.32 Å². The first kappa shape index (κ1) is 13.0. The minimum absolute atomic E-state index is 0.0300. The number of carbonyl (C=O) groups excluding carboxylic acids is 1. The Morgan fingerprint density at radius 1 is 0.955 bits per heavy atom. The van der Waals surface area contributed by atoms with Crippen molar-refractivity contribution in [3.63, 3.8) is 0 Å². The monoisotopic (exact) mass is 288 g/mol. The molecule has 1 aliphatic rings. The quantitative estimate of drug-likeness (QED) is 0.796. The molecule has 2 aromatic carbocycles. The zero-order chi connectivity index (χ0) is 14.9. The van der Waals surface area contributed by atoms with Crippen LogP contribution in [0, 0.1) is 0 Å². The van der Waals surface area contributed by atoms with Crippen molar-refractivity contribution in [2.75, 3.05) is 0 Å². The molecule has 1 aromatic heterocycles. The molecule has 3 heteroatoms. The average Bonchev–Trinajstić information content (AvgIpc) is 3.38. The number of hydrogen-bond donors (Lipinski definition) is 1. The van der Waals surface area contributed by atoms with Crippen LogP contribution in [0.25, 0.3) is 21.9 Å². The van der Waals surface area contributed by atoms with E-state index in [1.165, 1.54) is 10.8 Å². The molecule has 1 fully saturated rings. The predicted molar refractivity (Wildman–Crippen MR) is 87.7 cm³/mol. The van der Waals surface area contributed by atoms with Crippen LogP contribution >= 0.6 is 0 Å². The lowest BCUT2D eigenvalue weighted by atomic mass is 10.0. The van der Waals surface area contributed by atoms with Gasteiger partial charge in [0.25, 0.3) is 5.91 Å². The molecule has 1 N–H and O–H groups in total. The zero-order valence-corrected chi connectivity index (χ0v) is 12.1. The normalized spacial score (nSPS) is 14.0. The summed E-state index contributed by atoms with van der Waals surface area (Å²) in [5.41, 5.74) is 2.67. The molecular formula is C19H16N2O. The van der Waals surface area contributed by atoms with Crippen molar-refractivity contribution in [3.05, 3.63) is 66.5 Å². The van der Waals surface area contributed by atoms with E-state index < -0.39 is 0 Å². The smallest absolute Gasteiger partial charge is 0.253 e. The summed E-state index contributed by atoms with van der Waals surface area (Å²) in [5.74, 6) is -0.0300. The van der Waals surface area contributed by atoms with E-state index in [2.05, 4.69) is 40.6 Å². The van der Waals surface area contributed by atoms with Crippen LogP contribution in [0.15, 0.2) is 60.9 Å². The topological polar surface area (TPSA) is 42.0 Å². The maximum Gasteiger partial charge on any atom is 0.253 e. The first-order valence-electron chi connectivity index (χ1n) is 7.55. The predicted octanol–water partition coefficient (Wildman–Crippen LogP) is 3.79. The summed E-state index contributed by atoms with van der Waals surface area (Å²) in [6.07, 6.45) is 5.60. The lowest BCUT2D eigenvalue weighted by Crippen LogP contribution is -2.25. The summed E-state index contributed by atoms with van der Waals surface area (Å²) in [6, 6.07) is 16.8. The van der Waals surface area contributed by atoms with Gasteiger partial charge in [-0.1, -0.05) is 36.4 Å². The average molecular weight is 288 g/mol.